The molecule has 0 atom stereocenters. The zero-order chi connectivity index (χ0) is 24.9. The van der Waals surface area contributed by atoms with E-state index < -0.39 is 0 Å². The van der Waals surface area contributed by atoms with E-state index in [9.17, 15) is 9.18 Å². The van der Waals surface area contributed by atoms with Gasteiger partial charge >= 0.3 is 0 Å². The largest absolute Gasteiger partial charge is 0.324 e. The lowest BCUT2D eigenvalue weighted by Crippen LogP contribution is -2.24. The molecule has 0 unspecified atom stereocenters. The van der Waals surface area contributed by atoms with Crippen molar-refractivity contribution >= 4 is 22.7 Å². The fourth-order valence-electron chi connectivity index (χ4n) is 4.50. The van der Waals surface area contributed by atoms with E-state index in [1.807, 2.05) is 36.7 Å². The maximum Gasteiger partial charge on any atom is 0.278 e. The quantitative estimate of drug-likeness (QED) is 0.455. The normalized spacial score (nSPS) is 13.9. The molecule has 35 heavy (non-hydrogen) atoms. The second-order valence-corrected chi connectivity index (χ2v) is 10.3. The zero-order valence-electron chi connectivity index (χ0n) is 20.7. The highest BCUT2D eigenvalue weighted by Crippen LogP contribution is 2.27. The Kier molecular flexibility index (Phi) is 5.67. The van der Waals surface area contributed by atoms with Crippen molar-refractivity contribution in [3.8, 4) is 5.69 Å². The van der Waals surface area contributed by atoms with Gasteiger partial charge in [0.25, 0.3) is 5.56 Å². The van der Waals surface area contributed by atoms with Gasteiger partial charge in [0.1, 0.15) is 11.2 Å². The van der Waals surface area contributed by atoms with Crippen LogP contribution in [-0.2, 0) is 18.4 Å². The number of aromatic nitrogens is 5. The van der Waals surface area contributed by atoms with Gasteiger partial charge in [0.05, 0.1) is 5.69 Å². The number of fused-ring (bicyclic) bond motifs is 2. The van der Waals surface area contributed by atoms with Crippen molar-refractivity contribution in [3.63, 3.8) is 0 Å². The summed E-state index contributed by atoms with van der Waals surface area (Å²) in [6.07, 6.45) is 3.95. The van der Waals surface area contributed by atoms with Crippen molar-refractivity contribution in [1.29, 1.82) is 0 Å². The molecular formula is C26H30FN7O. The molecule has 1 aromatic carbocycles. The Hall–Kier alpha value is -3.59. The number of nitrogens with zero attached hydrogens (tertiary/aromatic N) is 5. The minimum Gasteiger partial charge on any atom is -0.324 e. The van der Waals surface area contributed by atoms with Crippen LogP contribution in [-0.4, -0.2) is 30.9 Å². The van der Waals surface area contributed by atoms with E-state index in [0.717, 1.165) is 29.1 Å². The molecule has 9 heteroatoms. The number of pyridine rings is 1. The molecule has 0 radical (unpaired) electrons. The lowest BCUT2D eigenvalue weighted by molar-refractivity contribution is 0.474. The Labute approximate surface area is 203 Å². The van der Waals surface area contributed by atoms with Gasteiger partial charge in [-0.15, -0.1) is 0 Å². The third-order valence-corrected chi connectivity index (χ3v) is 6.28. The second-order valence-electron chi connectivity index (χ2n) is 10.3. The molecule has 4 heterocycles. The Bertz CT molecular complexity index is 1480. The average molecular weight is 476 g/mol. The smallest absolute Gasteiger partial charge is 0.278 e. The minimum absolute atomic E-state index is 0.110. The first-order valence-electron chi connectivity index (χ1n) is 11.9. The van der Waals surface area contributed by atoms with Crippen LogP contribution in [0.3, 0.4) is 0 Å². The molecule has 0 fully saturated rings. The molecule has 0 bridgehead atoms. The highest BCUT2D eigenvalue weighted by atomic mass is 19.1. The monoisotopic (exact) mass is 475 g/mol. The Balaban J connectivity index is 1.64. The van der Waals surface area contributed by atoms with E-state index in [1.165, 1.54) is 12.3 Å². The predicted octanol–water partition coefficient (Wildman–Crippen LogP) is 4.38. The molecule has 8 nitrogen and oxygen atoms in total. The fourth-order valence-corrected chi connectivity index (χ4v) is 4.50. The Morgan fingerprint density at radius 1 is 1.17 bits per heavy atom. The molecule has 0 saturated carbocycles. The van der Waals surface area contributed by atoms with Crippen LogP contribution in [0.25, 0.3) is 16.7 Å². The maximum atomic E-state index is 14.7. The molecule has 0 spiro atoms. The van der Waals surface area contributed by atoms with Gasteiger partial charge in [-0.25, -0.2) is 18.7 Å². The summed E-state index contributed by atoms with van der Waals surface area (Å²) in [5.41, 5.74) is 4.10. The van der Waals surface area contributed by atoms with Crippen LogP contribution in [0.5, 0.6) is 0 Å². The summed E-state index contributed by atoms with van der Waals surface area (Å²) in [7, 11) is 0. The molecular weight excluding hydrogens is 445 g/mol. The van der Waals surface area contributed by atoms with Gasteiger partial charge in [0.2, 0.25) is 5.95 Å². The number of hydrogen-bond donors (Lipinski definition) is 2. The predicted molar refractivity (Wildman–Crippen MR) is 135 cm³/mol. The zero-order valence-corrected chi connectivity index (χ0v) is 20.7. The molecule has 0 aliphatic carbocycles. The van der Waals surface area contributed by atoms with E-state index in [2.05, 4.69) is 41.4 Å². The van der Waals surface area contributed by atoms with Crippen LogP contribution in [0.15, 0.2) is 41.5 Å². The van der Waals surface area contributed by atoms with Crippen molar-refractivity contribution in [2.24, 2.45) is 0 Å². The maximum absolute atomic E-state index is 14.7. The molecule has 0 saturated heterocycles. The fraction of sp³-hybridized carbons (Fsp3) is 0.385. The summed E-state index contributed by atoms with van der Waals surface area (Å²) in [5, 5.41) is 6.82. The van der Waals surface area contributed by atoms with Crippen LogP contribution < -0.4 is 16.2 Å². The first-order chi connectivity index (χ1) is 16.6. The summed E-state index contributed by atoms with van der Waals surface area (Å²) in [6.45, 7) is 11.6. The second kappa shape index (κ2) is 8.57. The van der Waals surface area contributed by atoms with Gasteiger partial charge in [-0.05, 0) is 62.2 Å². The SMILES string of the molecule is CC(C)n1c(=O)c2cnc(Nc3cc(F)c4c(c3)CNCC4)nc2n1-c1ccnc(C(C)(C)C)c1. The van der Waals surface area contributed by atoms with E-state index >= 15 is 0 Å². The Morgan fingerprint density at radius 2 is 1.97 bits per heavy atom. The first kappa shape index (κ1) is 23.2. The molecule has 1 aliphatic heterocycles. The standard InChI is InChI=1S/C26H30FN7O/c1-15(2)33-24(35)20-14-30-25(31-17-10-16-13-28-8-7-19(16)21(27)11-17)32-23(20)34(33)18-6-9-29-22(12-18)26(3,4)5/h6,9-12,14-15,28H,7-8,13H2,1-5H3,(H,30,31,32). The van der Waals surface area contributed by atoms with Crippen LogP contribution >= 0.6 is 0 Å². The number of anilines is 2. The minimum atomic E-state index is -0.234. The number of halogens is 1. The molecule has 3 aromatic heterocycles. The molecule has 182 valence electrons. The van der Waals surface area contributed by atoms with E-state index in [1.54, 1.807) is 10.9 Å². The molecule has 0 amide bonds. The van der Waals surface area contributed by atoms with Crippen LogP contribution in [0.4, 0.5) is 16.0 Å². The molecule has 4 aromatic rings. The molecule has 2 N–H and O–H groups in total. The van der Waals surface area contributed by atoms with Crippen molar-refractivity contribution in [2.75, 3.05) is 11.9 Å². The van der Waals surface area contributed by atoms with Gasteiger partial charge in [0, 0.05) is 41.8 Å². The summed E-state index contributed by atoms with van der Waals surface area (Å²) < 4.78 is 18.2. The highest BCUT2D eigenvalue weighted by Gasteiger charge is 2.22. The molecule has 1 aliphatic rings. The van der Waals surface area contributed by atoms with E-state index in [4.69, 9.17) is 4.98 Å². The van der Waals surface area contributed by atoms with Crippen LogP contribution in [0, 0.1) is 5.82 Å². The van der Waals surface area contributed by atoms with Gasteiger partial charge in [0.15, 0.2) is 5.65 Å². The highest BCUT2D eigenvalue weighted by molar-refractivity contribution is 5.77. The number of hydrogen-bond acceptors (Lipinski definition) is 6. The van der Waals surface area contributed by atoms with Gasteiger partial charge in [-0.1, -0.05) is 20.8 Å². The van der Waals surface area contributed by atoms with Crippen LogP contribution in [0.2, 0.25) is 0 Å². The third-order valence-electron chi connectivity index (χ3n) is 6.28. The van der Waals surface area contributed by atoms with Gasteiger partial charge in [-0.3, -0.25) is 9.78 Å². The third kappa shape index (κ3) is 4.20. The van der Waals surface area contributed by atoms with Crippen LogP contribution in [0.1, 0.15) is 57.5 Å². The van der Waals surface area contributed by atoms with Crippen molar-refractivity contribution in [2.45, 2.75) is 59.0 Å². The van der Waals surface area contributed by atoms with E-state index in [-0.39, 0.29) is 22.8 Å². The van der Waals surface area contributed by atoms with E-state index in [0.29, 0.717) is 35.6 Å². The lowest BCUT2D eigenvalue weighted by Gasteiger charge is -2.20. The molecule has 5 rings (SSSR count). The number of nitrogens with one attached hydrogen (secondary N) is 2. The summed E-state index contributed by atoms with van der Waals surface area (Å²) in [5.74, 6) is 0.0577. The first-order valence-corrected chi connectivity index (χ1v) is 11.9. The Morgan fingerprint density at radius 3 is 2.71 bits per heavy atom. The summed E-state index contributed by atoms with van der Waals surface area (Å²) >= 11 is 0. The topological polar surface area (TPSA) is 89.7 Å². The number of rotatable bonds is 4. The number of benzene rings is 1. The lowest BCUT2D eigenvalue weighted by atomic mass is 9.91. The van der Waals surface area contributed by atoms with Crippen molar-refractivity contribution in [3.05, 3.63) is 69.7 Å². The van der Waals surface area contributed by atoms with Crippen molar-refractivity contribution in [1.82, 2.24) is 29.6 Å². The summed E-state index contributed by atoms with van der Waals surface area (Å²) in [4.78, 5) is 26.9. The van der Waals surface area contributed by atoms with Crippen molar-refractivity contribution < 1.29 is 4.39 Å². The average Bonchev–Trinajstić information content (AvgIpc) is 3.10. The van der Waals surface area contributed by atoms with Gasteiger partial charge < -0.3 is 10.6 Å². The summed E-state index contributed by atoms with van der Waals surface area (Å²) in [6, 6.07) is 7.14. The van der Waals surface area contributed by atoms with Gasteiger partial charge in [-0.2, -0.15) is 4.98 Å².